The molecule has 2 aromatic heterocycles. The monoisotopic (exact) mass is 351 g/mol. The molecule has 2 unspecified atom stereocenters. The highest BCUT2D eigenvalue weighted by Gasteiger charge is 2.29. The Morgan fingerprint density at radius 3 is 2.88 bits per heavy atom. The molecule has 0 radical (unpaired) electrons. The Kier molecular flexibility index (Phi) is 4.42. The van der Waals surface area contributed by atoms with E-state index < -0.39 is 11.2 Å². The number of H-pyrrole nitrogens is 1. The first kappa shape index (κ1) is 16.5. The van der Waals surface area contributed by atoms with Crippen LogP contribution in [0.3, 0.4) is 0 Å². The van der Waals surface area contributed by atoms with Gasteiger partial charge >= 0.3 is 5.69 Å². The molecular weight excluding hydrogens is 330 g/mol. The number of morpholine rings is 1. The standard InChI is InChI=1S/C15H21N5O5/c1-18-13-12(14(21)17-15(18)22)20(9-16-13)6-10-8-24-11(25-10)7-19-2-4-23-5-3-19/h9-11H,2-8H2,1H3,(H,17,21,22). The van der Waals surface area contributed by atoms with Crippen molar-refractivity contribution in [2.75, 3.05) is 39.5 Å². The highest BCUT2D eigenvalue weighted by Crippen LogP contribution is 2.16. The fraction of sp³-hybridized carbons (Fsp3) is 0.667. The van der Waals surface area contributed by atoms with Crippen molar-refractivity contribution < 1.29 is 14.2 Å². The molecule has 0 aromatic carbocycles. The highest BCUT2D eigenvalue weighted by molar-refractivity contribution is 5.69. The number of hydrogen-bond acceptors (Lipinski definition) is 7. The Balaban J connectivity index is 1.45. The minimum absolute atomic E-state index is 0.167. The van der Waals surface area contributed by atoms with Crippen LogP contribution in [0.5, 0.6) is 0 Å². The minimum Gasteiger partial charge on any atom is -0.379 e. The molecule has 2 atom stereocenters. The van der Waals surface area contributed by atoms with Crippen LogP contribution in [0.2, 0.25) is 0 Å². The van der Waals surface area contributed by atoms with Gasteiger partial charge < -0.3 is 18.8 Å². The first-order chi connectivity index (χ1) is 12.1. The third-order valence-electron chi connectivity index (χ3n) is 4.60. The quantitative estimate of drug-likeness (QED) is 0.715. The summed E-state index contributed by atoms with van der Waals surface area (Å²) in [4.78, 5) is 32.5. The van der Waals surface area contributed by atoms with Gasteiger partial charge in [-0.05, 0) is 0 Å². The first-order valence-electron chi connectivity index (χ1n) is 8.33. The zero-order chi connectivity index (χ0) is 17.4. The van der Waals surface area contributed by atoms with Crippen LogP contribution in [0.4, 0.5) is 0 Å². The van der Waals surface area contributed by atoms with Crippen LogP contribution in [0.1, 0.15) is 0 Å². The summed E-state index contributed by atoms with van der Waals surface area (Å²) in [7, 11) is 1.57. The Morgan fingerprint density at radius 2 is 2.08 bits per heavy atom. The van der Waals surface area contributed by atoms with E-state index in [1.165, 1.54) is 4.57 Å². The number of hydrogen-bond donors (Lipinski definition) is 1. The van der Waals surface area contributed by atoms with E-state index in [1.807, 2.05) is 0 Å². The zero-order valence-electron chi connectivity index (χ0n) is 14.0. The molecule has 4 rings (SSSR count). The second-order valence-electron chi connectivity index (χ2n) is 6.32. The number of fused-ring (bicyclic) bond motifs is 1. The van der Waals surface area contributed by atoms with E-state index in [2.05, 4.69) is 14.9 Å². The van der Waals surface area contributed by atoms with E-state index in [4.69, 9.17) is 14.2 Å². The van der Waals surface area contributed by atoms with Gasteiger partial charge in [-0.2, -0.15) is 0 Å². The van der Waals surface area contributed by atoms with Crippen LogP contribution >= 0.6 is 0 Å². The Hall–Kier alpha value is -2.01. The van der Waals surface area contributed by atoms with Gasteiger partial charge in [0.15, 0.2) is 17.5 Å². The van der Waals surface area contributed by atoms with Crippen molar-refractivity contribution in [2.24, 2.45) is 7.05 Å². The molecule has 2 fully saturated rings. The van der Waals surface area contributed by atoms with E-state index in [1.54, 1.807) is 17.9 Å². The van der Waals surface area contributed by atoms with Crippen molar-refractivity contribution in [1.29, 1.82) is 0 Å². The predicted octanol–water partition coefficient (Wildman–Crippen LogP) is -1.50. The number of nitrogens with zero attached hydrogens (tertiary/aromatic N) is 4. The van der Waals surface area contributed by atoms with Gasteiger partial charge in [0.05, 0.1) is 32.7 Å². The third-order valence-corrected chi connectivity index (χ3v) is 4.60. The summed E-state index contributed by atoms with van der Waals surface area (Å²) < 4.78 is 20.0. The van der Waals surface area contributed by atoms with Crippen LogP contribution in [0, 0.1) is 0 Å². The van der Waals surface area contributed by atoms with Gasteiger partial charge in [0.1, 0.15) is 6.10 Å². The average Bonchev–Trinajstić information content (AvgIpc) is 3.22. The second kappa shape index (κ2) is 6.71. The molecule has 10 heteroatoms. The van der Waals surface area contributed by atoms with Crippen molar-refractivity contribution in [3.05, 3.63) is 27.2 Å². The molecule has 0 bridgehead atoms. The molecule has 1 N–H and O–H groups in total. The minimum atomic E-state index is -0.478. The van der Waals surface area contributed by atoms with Crippen LogP contribution in [0.25, 0.3) is 11.2 Å². The molecule has 2 aliphatic heterocycles. The smallest absolute Gasteiger partial charge is 0.329 e. The van der Waals surface area contributed by atoms with E-state index in [0.29, 0.717) is 30.9 Å². The summed E-state index contributed by atoms with van der Waals surface area (Å²) >= 11 is 0. The van der Waals surface area contributed by atoms with Gasteiger partial charge in [0.25, 0.3) is 5.56 Å². The van der Waals surface area contributed by atoms with Crippen molar-refractivity contribution in [3.63, 3.8) is 0 Å². The fourth-order valence-corrected chi connectivity index (χ4v) is 3.24. The van der Waals surface area contributed by atoms with E-state index >= 15 is 0 Å². The Labute approximate surface area is 142 Å². The molecule has 10 nitrogen and oxygen atoms in total. The molecule has 0 amide bonds. The molecule has 2 aliphatic rings. The maximum atomic E-state index is 12.1. The predicted molar refractivity (Wildman–Crippen MR) is 87.5 cm³/mol. The largest absolute Gasteiger partial charge is 0.379 e. The van der Waals surface area contributed by atoms with Crippen molar-refractivity contribution in [2.45, 2.75) is 18.9 Å². The molecular formula is C15H21N5O5. The highest BCUT2D eigenvalue weighted by atomic mass is 16.7. The molecule has 0 saturated carbocycles. The second-order valence-corrected chi connectivity index (χ2v) is 6.32. The number of aryl methyl sites for hydroxylation is 1. The molecule has 136 valence electrons. The van der Waals surface area contributed by atoms with E-state index in [0.717, 1.165) is 26.3 Å². The maximum Gasteiger partial charge on any atom is 0.329 e. The maximum absolute atomic E-state index is 12.1. The van der Waals surface area contributed by atoms with Gasteiger partial charge in [-0.25, -0.2) is 9.78 Å². The summed E-state index contributed by atoms with van der Waals surface area (Å²) in [6.45, 7) is 4.83. The lowest BCUT2D eigenvalue weighted by Crippen LogP contribution is -2.41. The summed E-state index contributed by atoms with van der Waals surface area (Å²) in [6.07, 6.45) is 1.11. The number of aromatic nitrogens is 4. The lowest BCUT2D eigenvalue weighted by Gasteiger charge is -2.28. The van der Waals surface area contributed by atoms with Crippen LogP contribution in [0.15, 0.2) is 15.9 Å². The molecule has 0 aliphatic carbocycles. The molecule has 2 aromatic rings. The van der Waals surface area contributed by atoms with Gasteiger partial charge in [0, 0.05) is 26.7 Å². The lowest BCUT2D eigenvalue weighted by atomic mass is 10.3. The zero-order valence-corrected chi connectivity index (χ0v) is 14.0. The van der Waals surface area contributed by atoms with Gasteiger partial charge in [-0.3, -0.25) is 19.2 Å². The number of rotatable bonds is 4. The summed E-state index contributed by atoms with van der Waals surface area (Å²) in [5.41, 5.74) is -0.201. The Morgan fingerprint density at radius 1 is 1.28 bits per heavy atom. The number of nitrogens with one attached hydrogen (secondary N) is 1. The van der Waals surface area contributed by atoms with Crippen LogP contribution in [-0.2, 0) is 27.8 Å². The molecule has 4 heterocycles. The summed E-state index contributed by atoms with van der Waals surface area (Å²) in [5.74, 6) is 0. The third kappa shape index (κ3) is 3.25. The summed E-state index contributed by atoms with van der Waals surface area (Å²) in [6, 6.07) is 0. The molecule has 25 heavy (non-hydrogen) atoms. The first-order valence-corrected chi connectivity index (χ1v) is 8.33. The lowest BCUT2D eigenvalue weighted by molar-refractivity contribution is -0.0889. The SMILES string of the molecule is Cn1c(=O)[nH]c(=O)c2c1ncn2CC1COC(CN2CCOCC2)O1. The van der Waals surface area contributed by atoms with Gasteiger partial charge in [-0.15, -0.1) is 0 Å². The van der Waals surface area contributed by atoms with Crippen molar-refractivity contribution in [1.82, 2.24) is 24.0 Å². The number of ether oxygens (including phenoxy) is 3. The number of aromatic amines is 1. The molecule has 0 spiro atoms. The average molecular weight is 351 g/mol. The Bertz CT molecular complexity index is 865. The summed E-state index contributed by atoms with van der Waals surface area (Å²) in [5, 5.41) is 0. The fourth-order valence-electron chi connectivity index (χ4n) is 3.24. The van der Waals surface area contributed by atoms with Crippen LogP contribution in [-0.4, -0.2) is 75.9 Å². The van der Waals surface area contributed by atoms with Crippen molar-refractivity contribution in [3.8, 4) is 0 Å². The van der Waals surface area contributed by atoms with E-state index in [9.17, 15) is 9.59 Å². The van der Waals surface area contributed by atoms with Crippen LogP contribution < -0.4 is 11.2 Å². The molecule has 2 saturated heterocycles. The van der Waals surface area contributed by atoms with Gasteiger partial charge in [0.2, 0.25) is 0 Å². The van der Waals surface area contributed by atoms with Gasteiger partial charge in [-0.1, -0.05) is 0 Å². The van der Waals surface area contributed by atoms with E-state index in [-0.39, 0.29) is 12.4 Å². The van der Waals surface area contributed by atoms with Crippen molar-refractivity contribution >= 4 is 11.2 Å². The topological polar surface area (TPSA) is 104 Å². The number of imidazole rings is 1. The normalized spacial score (nSPS) is 25.0.